The second kappa shape index (κ2) is 7.25. The molecule has 0 aliphatic carbocycles. The van der Waals surface area contributed by atoms with Gasteiger partial charge in [-0.05, 0) is 36.2 Å². The lowest BCUT2D eigenvalue weighted by atomic mass is 10.1. The molecule has 0 radical (unpaired) electrons. The summed E-state index contributed by atoms with van der Waals surface area (Å²) >= 11 is 0. The van der Waals surface area contributed by atoms with Gasteiger partial charge in [-0.3, -0.25) is 13.9 Å². The molecule has 0 spiro atoms. The molecule has 25 heavy (non-hydrogen) atoms. The topological polar surface area (TPSA) is 76.3 Å². The van der Waals surface area contributed by atoms with E-state index in [-0.39, 0.29) is 23.8 Å². The number of carbonyl (C=O) groups excluding carboxylic acids is 1. The van der Waals surface area contributed by atoms with E-state index in [1.165, 1.54) is 0 Å². The van der Waals surface area contributed by atoms with Crippen LogP contribution >= 0.6 is 0 Å². The Balaban J connectivity index is 1.55. The first-order valence-corrected chi connectivity index (χ1v) is 8.25. The second-order valence-corrected chi connectivity index (χ2v) is 6.00. The van der Waals surface area contributed by atoms with Crippen LogP contribution in [0.2, 0.25) is 0 Å². The van der Waals surface area contributed by atoms with Crippen LogP contribution in [0.3, 0.4) is 0 Å². The number of rotatable bonds is 6. The van der Waals surface area contributed by atoms with Crippen molar-refractivity contribution in [3.8, 4) is 5.75 Å². The minimum Gasteiger partial charge on any atom is -0.508 e. The molecule has 1 aromatic heterocycles. The summed E-state index contributed by atoms with van der Waals surface area (Å²) in [5, 5.41) is 12.1. The first-order chi connectivity index (χ1) is 12.1. The number of aryl methyl sites for hydroxylation is 2. The van der Waals surface area contributed by atoms with Crippen LogP contribution in [0.4, 0.5) is 0 Å². The third kappa shape index (κ3) is 3.74. The number of para-hydroxylation sites is 2. The highest BCUT2D eigenvalue weighted by molar-refractivity contribution is 5.77. The van der Waals surface area contributed by atoms with E-state index in [1.807, 2.05) is 36.4 Å². The molecule has 0 atom stereocenters. The monoisotopic (exact) mass is 339 g/mol. The molecule has 6 nitrogen and oxygen atoms in total. The van der Waals surface area contributed by atoms with Crippen molar-refractivity contribution < 1.29 is 9.90 Å². The maximum atomic E-state index is 12.3. The molecule has 3 aromatic rings. The van der Waals surface area contributed by atoms with Crippen LogP contribution < -0.4 is 11.0 Å². The third-order valence-corrected chi connectivity index (χ3v) is 4.29. The first kappa shape index (κ1) is 16.8. The molecule has 0 aliphatic rings. The Bertz CT molecular complexity index is 939. The number of phenols is 1. The molecular formula is C19H21N3O3. The van der Waals surface area contributed by atoms with Gasteiger partial charge in [-0.1, -0.05) is 24.3 Å². The number of nitrogens with one attached hydrogen (secondary N) is 1. The maximum Gasteiger partial charge on any atom is 0.328 e. The molecular weight excluding hydrogens is 318 g/mol. The number of amides is 1. The Morgan fingerprint density at radius 2 is 1.76 bits per heavy atom. The van der Waals surface area contributed by atoms with Crippen molar-refractivity contribution in [2.75, 3.05) is 6.54 Å². The number of phenolic OH excluding ortho intramolecular Hbond substituents is 1. The van der Waals surface area contributed by atoms with E-state index in [0.717, 1.165) is 16.6 Å². The van der Waals surface area contributed by atoms with Crippen molar-refractivity contribution in [2.45, 2.75) is 19.4 Å². The summed E-state index contributed by atoms with van der Waals surface area (Å²) in [5.41, 5.74) is 2.63. The minimum atomic E-state index is -0.113. The van der Waals surface area contributed by atoms with E-state index in [2.05, 4.69) is 5.32 Å². The Morgan fingerprint density at radius 1 is 1.08 bits per heavy atom. The van der Waals surface area contributed by atoms with E-state index >= 15 is 0 Å². The van der Waals surface area contributed by atoms with E-state index in [0.29, 0.717) is 19.5 Å². The summed E-state index contributed by atoms with van der Waals surface area (Å²) in [4.78, 5) is 24.3. The molecule has 2 N–H and O–H groups in total. The molecule has 2 aromatic carbocycles. The summed E-state index contributed by atoms with van der Waals surface area (Å²) in [6.07, 6.45) is 0.948. The van der Waals surface area contributed by atoms with Crippen molar-refractivity contribution in [3.05, 3.63) is 64.6 Å². The molecule has 0 aliphatic heterocycles. The summed E-state index contributed by atoms with van der Waals surface area (Å²) in [5.74, 6) is 0.145. The normalized spacial score (nSPS) is 10.9. The number of carbonyl (C=O) groups is 1. The summed E-state index contributed by atoms with van der Waals surface area (Å²) in [6, 6.07) is 14.5. The Morgan fingerprint density at radius 3 is 2.48 bits per heavy atom. The molecule has 1 amide bonds. The highest BCUT2D eigenvalue weighted by Crippen LogP contribution is 2.12. The average Bonchev–Trinajstić information content (AvgIpc) is 2.86. The lowest BCUT2D eigenvalue weighted by molar-refractivity contribution is -0.121. The van der Waals surface area contributed by atoms with Gasteiger partial charge in [0.2, 0.25) is 5.91 Å². The minimum absolute atomic E-state index is 0.0846. The number of aromatic hydroxyl groups is 1. The maximum absolute atomic E-state index is 12.3. The van der Waals surface area contributed by atoms with Crippen molar-refractivity contribution in [1.29, 1.82) is 0 Å². The van der Waals surface area contributed by atoms with Crippen LogP contribution in [0.15, 0.2) is 53.3 Å². The highest BCUT2D eigenvalue weighted by Gasteiger charge is 2.11. The summed E-state index contributed by atoms with van der Waals surface area (Å²) < 4.78 is 3.23. The largest absolute Gasteiger partial charge is 0.508 e. The van der Waals surface area contributed by atoms with Gasteiger partial charge in [0.25, 0.3) is 0 Å². The molecule has 3 rings (SSSR count). The molecule has 1 heterocycles. The van der Waals surface area contributed by atoms with Gasteiger partial charge in [0.1, 0.15) is 5.75 Å². The van der Waals surface area contributed by atoms with Gasteiger partial charge in [0, 0.05) is 26.6 Å². The van der Waals surface area contributed by atoms with Crippen molar-refractivity contribution in [2.24, 2.45) is 7.05 Å². The number of fused-ring (bicyclic) bond motifs is 1. The first-order valence-electron chi connectivity index (χ1n) is 8.25. The smallest absolute Gasteiger partial charge is 0.328 e. The fraction of sp³-hybridized carbons (Fsp3) is 0.263. The fourth-order valence-corrected chi connectivity index (χ4v) is 2.89. The molecule has 0 bridgehead atoms. The van der Waals surface area contributed by atoms with Crippen LogP contribution in [0.25, 0.3) is 11.0 Å². The van der Waals surface area contributed by atoms with Crippen LogP contribution in [-0.2, 0) is 24.8 Å². The molecule has 0 saturated heterocycles. The number of aromatic nitrogens is 2. The standard InChI is InChI=1S/C19H21N3O3/c1-21-16-4-2-3-5-17(16)22(19(21)25)13-11-18(24)20-12-10-14-6-8-15(23)9-7-14/h2-9,23H,10-13H2,1H3,(H,20,24). The lowest BCUT2D eigenvalue weighted by Crippen LogP contribution is -2.29. The third-order valence-electron chi connectivity index (χ3n) is 4.29. The lowest BCUT2D eigenvalue weighted by Gasteiger charge is -2.06. The number of hydrogen-bond acceptors (Lipinski definition) is 3. The molecule has 0 unspecified atom stereocenters. The molecule has 130 valence electrons. The second-order valence-electron chi connectivity index (χ2n) is 6.00. The van der Waals surface area contributed by atoms with Crippen molar-refractivity contribution >= 4 is 16.9 Å². The number of hydrogen-bond donors (Lipinski definition) is 2. The summed E-state index contributed by atoms with van der Waals surface area (Å²) in [6.45, 7) is 0.874. The van der Waals surface area contributed by atoms with E-state index < -0.39 is 0 Å². The predicted molar refractivity (Wildman–Crippen MR) is 96.6 cm³/mol. The number of imidazole rings is 1. The van der Waals surface area contributed by atoms with Crippen LogP contribution in [0.1, 0.15) is 12.0 Å². The van der Waals surface area contributed by atoms with Gasteiger partial charge in [-0.15, -0.1) is 0 Å². The predicted octanol–water partition coefficient (Wildman–Crippen LogP) is 1.79. The SMILES string of the molecule is Cn1c(=O)n(CCC(=O)NCCc2ccc(O)cc2)c2ccccc21. The van der Waals surface area contributed by atoms with Gasteiger partial charge in [0.05, 0.1) is 11.0 Å². The molecule has 6 heteroatoms. The number of nitrogens with zero attached hydrogens (tertiary/aromatic N) is 2. The quantitative estimate of drug-likeness (QED) is 0.719. The summed E-state index contributed by atoms with van der Waals surface area (Å²) in [7, 11) is 1.74. The average molecular weight is 339 g/mol. The van der Waals surface area contributed by atoms with Gasteiger partial charge < -0.3 is 10.4 Å². The zero-order valence-electron chi connectivity index (χ0n) is 14.1. The van der Waals surface area contributed by atoms with E-state index in [1.54, 1.807) is 28.3 Å². The van der Waals surface area contributed by atoms with Gasteiger partial charge >= 0.3 is 5.69 Å². The Labute approximate surface area is 145 Å². The highest BCUT2D eigenvalue weighted by atomic mass is 16.3. The van der Waals surface area contributed by atoms with E-state index in [9.17, 15) is 14.7 Å². The Hall–Kier alpha value is -3.02. The van der Waals surface area contributed by atoms with E-state index in [4.69, 9.17) is 0 Å². The van der Waals surface area contributed by atoms with Crippen LogP contribution in [0.5, 0.6) is 5.75 Å². The van der Waals surface area contributed by atoms with Gasteiger partial charge in [-0.2, -0.15) is 0 Å². The zero-order chi connectivity index (χ0) is 17.8. The van der Waals surface area contributed by atoms with Gasteiger partial charge in [-0.25, -0.2) is 4.79 Å². The zero-order valence-corrected chi connectivity index (χ0v) is 14.1. The number of benzene rings is 2. The molecule has 0 saturated carbocycles. The fourth-order valence-electron chi connectivity index (χ4n) is 2.89. The Kier molecular flexibility index (Phi) is 4.88. The molecule has 0 fully saturated rings. The van der Waals surface area contributed by atoms with Crippen LogP contribution in [0, 0.1) is 0 Å². The van der Waals surface area contributed by atoms with Crippen molar-refractivity contribution in [1.82, 2.24) is 14.5 Å². The van der Waals surface area contributed by atoms with Gasteiger partial charge in [0.15, 0.2) is 0 Å². The van der Waals surface area contributed by atoms with Crippen molar-refractivity contribution in [3.63, 3.8) is 0 Å². The van der Waals surface area contributed by atoms with Crippen LogP contribution in [-0.4, -0.2) is 26.7 Å².